The summed E-state index contributed by atoms with van der Waals surface area (Å²) in [7, 11) is 0. The predicted molar refractivity (Wildman–Crippen MR) is 134 cm³/mol. The van der Waals surface area contributed by atoms with E-state index in [1.54, 1.807) is 42.5 Å². The molecule has 0 radical (unpaired) electrons. The van der Waals surface area contributed by atoms with Gasteiger partial charge in [0.1, 0.15) is 0 Å². The zero-order valence-corrected chi connectivity index (χ0v) is 19.1. The third kappa shape index (κ3) is 4.15. The van der Waals surface area contributed by atoms with Crippen LogP contribution in [0.3, 0.4) is 0 Å². The average Bonchev–Trinajstić information content (AvgIpc) is 3.39. The SMILES string of the molecule is O=C(Nc1ccc(C(=O)N2CCCC2)cc1)c1ccc2c(=O)n(-c3ccccc3)c(=S)[nH]c2c1. The highest BCUT2D eigenvalue weighted by Crippen LogP contribution is 2.18. The number of carbonyl (C=O) groups is 2. The van der Waals surface area contributed by atoms with E-state index in [0.29, 0.717) is 33.4 Å². The van der Waals surface area contributed by atoms with E-state index in [4.69, 9.17) is 12.2 Å². The lowest BCUT2D eigenvalue weighted by molar-refractivity contribution is 0.0792. The van der Waals surface area contributed by atoms with Crippen molar-refractivity contribution in [2.75, 3.05) is 18.4 Å². The molecule has 0 spiro atoms. The molecule has 1 aliphatic rings. The van der Waals surface area contributed by atoms with E-state index in [-0.39, 0.29) is 22.1 Å². The number of amides is 2. The summed E-state index contributed by atoms with van der Waals surface area (Å²) in [5.41, 5.74) is 2.47. The maximum absolute atomic E-state index is 13.0. The number of aromatic nitrogens is 2. The summed E-state index contributed by atoms with van der Waals surface area (Å²) in [5.74, 6) is -0.312. The number of benzene rings is 3. The molecule has 0 aliphatic carbocycles. The van der Waals surface area contributed by atoms with Crippen molar-refractivity contribution in [1.82, 2.24) is 14.5 Å². The second-order valence-corrected chi connectivity index (χ2v) is 8.58. The van der Waals surface area contributed by atoms with Gasteiger partial charge < -0.3 is 15.2 Å². The average molecular weight is 471 g/mol. The summed E-state index contributed by atoms with van der Waals surface area (Å²) in [5, 5.41) is 3.27. The van der Waals surface area contributed by atoms with Crippen LogP contribution in [0.15, 0.2) is 77.6 Å². The highest BCUT2D eigenvalue weighted by Gasteiger charge is 2.19. The van der Waals surface area contributed by atoms with Gasteiger partial charge in [0.05, 0.1) is 16.6 Å². The van der Waals surface area contributed by atoms with Crippen molar-refractivity contribution < 1.29 is 9.59 Å². The topological polar surface area (TPSA) is 87.2 Å². The molecule has 5 rings (SSSR count). The monoisotopic (exact) mass is 470 g/mol. The maximum Gasteiger partial charge on any atom is 0.266 e. The minimum Gasteiger partial charge on any atom is -0.339 e. The Kier molecular flexibility index (Phi) is 5.81. The Balaban J connectivity index is 1.38. The number of rotatable bonds is 4. The van der Waals surface area contributed by atoms with E-state index < -0.39 is 0 Å². The van der Waals surface area contributed by atoms with Crippen molar-refractivity contribution in [2.45, 2.75) is 12.8 Å². The first-order valence-electron chi connectivity index (χ1n) is 11.1. The van der Waals surface area contributed by atoms with Crippen molar-refractivity contribution in [3.63, 3.8) is 0 Å². The Hall–Kier alpha value is -4.04. The van der Waals surface area contributed by atoms with Gasteiger partial charge in [0.25, 0.3) is 17.4 Å². The van der Waals surface area contributed by atoms with Crippen molar-refractivity contribution in [3.05, 3.63) is 99.0 Å². The fraction of sp³-hybridized carbons (Fsp3) is 0.154. The molecule has 0 saturated carbocycles. The minimum absolute atomic E-state index is 0.0151. The first-order chi connectivity index (χ1) is 16.5. The second-order valence-electron chi connectivity index (χ2n) is 8.20. The Morgan fingerprint density at radius 1 is 0.882 bits per heavy atom. The van der Waals surface area contributed by atoms with Crippen molar-refractivity contribution in [1.29, 1.82) is 0 Å². The lowest BCUT2D eigenvalue weighted by Crippen LogP contribution is -2.27. The van der Waals surface area contributed by atoms with Gasteiger partial charge in [-0.3, -0.25) is 19.0 Å². The molecule has 0 bridgehead atoms. The summed E-state index contributed by atoms with van der Waals surface area (Å²) in [6.07, 6.45) is 2.08. The molecular formula is C26H22N4O3S. The Bertz CT molecular complexity index is 1500. The van der Waals surface area contributed by atoms with Gasteiger partial charge in [-0.15, -0.1) is 0 Å². The van der Waals surface area contributed by atoms with Gasteiger partial charge >= 0.3 is 0 Å². The second kappa shape index (κ2) is 9.07. The van der Waals surface area contributed by atoms with Gasteiger partial charge in [0.15, 0.2) is 4.77 Å². The molecule has 3 aromatic carbocycles. The van der Waals surface area contributed by atoms with Crippen LogP contribution in [0.25, 0.3) is 16.6 Å². The lowest BCUT2D eigenvalue weighted by atomic mass is 10.1. The van der Waals surface area contributed by atoms with Crippen LogP contribution < -0.4 is 10.9 Å². The van der Waals surface area contributed by atoms with Crippen LogP contribution in [0.4, 0.5) is 5.69 Å². The lowest BCUT2D eigenvalue weighted by Gasteiger charge is -2.15. The van der Waals surface area contributed by atoms with Crippen LogP contribution in [-0.4, -0.2) is 39.4 Å². The molecule has 170 valence electrons. The molecule has 0 atom stereocenters. The summed E-state index contributed by atoms with van der Waals surface area (Å²) < 4.78 is 1.68. The van der Waals surface area contributed by atoms with E-state index in [9.17, 15) is 14.4 Å². The molecule has 1 fully saturated rings. The van der Waals surface area contributed by atoms with Gasteiger partial charge in [-0.05, 0) is 79.7 Å². The van der Waals surface area contributed by atoms with Crippen LogP contribution in [0.2, 0.25) is 0 Å². The zero-order chi connectivity index (χ0) is 23.7. The van der Waals surface area contributed by atoms with Gasteiger partial charge in [-0.25, -0.2) is 0 Å². The molecule has 34 heavy (non-hydrogen) atoms. The number of H-pyrrole nitrogens is 1. The number of carbonyl (C=O) groups excluding carboxylic acids is 2. The van der Waals surface area contributed by atoms with Crippen LogP contribution >= 0.6 is 12.2 Å². The molecule has 1 aromatic heterocycles. The molecule has 4 aromatic rings. The number of nitrogens with one attached hydrogen (secondary N) is 2. The normalized spacial score (nSPS) is 13.2. The predicted octanol–water partition coefficient (Wildman–Crippen LogP) is 4.54. The summed E-state index contributed by atoms with van der Waals surface area (Å²) in [4.78, 5) is 43.3. The first kappa shape index (κ1) is 21.8. The van der Waals surface area contributed by atoms with Crippen LogP contribution in [-0.2, 0) is 0 Å². The largest absolute Gasteiger partial charge is 0.339 e. The summed E-state index contributed by atoms with van der Waals surface area (Å²) >= 11 is 5.41. The van der Waals surface area contributed by atoms with E-state index in [1.807, 2.05) is 35.2 Å². The highest BCUT2D eigenvalue weighted by atomic mass is 32.1. The number of likely N-dealkylation sites (tertiary alicyclic amines) is 1. The van der Waals surface area contributed by atoms with Gasteiger partial charge in [-0.1, -0.05) is 18.2 Å². The van der Waals surface area contributed by atoms with Crippen LogP contribution in [0.1, 0.15) is 33.6 Å². The molecule has 1 saturated heterocycles. The molecule has 2 N–H and O–H groups in total. The van der Waals surface area contributed by atoms with Crippen molar-refractivity contribution >= 4 is 40.6 Å². The molecule has 7 nitrogen and oxygen atoms in total. The van der Waals surface area contributed by atoms with Crippen molar-refractivity contribution in [3.8, 4) is 5.69 Å². The Morgan fingerprint density at radius 3 is 2.26 bits per heavy atom. The Labute approximate surface area is 200 Å². The van der Waals surface area contributed by atoms with Crippen molar-refractivity contribution in [2.24, 2.45) is 0 Å². The molecule has 2 heterocycles. The summed E-state index contributed by atoms with van der Waals surface area (Å²) in [6.45, 7) is 1.58. The fourth-order valence-electron chi connectivity index (χ4n) is 4.17. The van der Waals surface area contributed by atoms with Crippen LogP contribution in [0.5, 0.6) is 0 Å². The van der Waals surface area contributed by atoms with Crippen LogP contribution in [0, 0.1) is 4.77 Å². The third-order valence-corrected chi connectivity index (χ3v) is 6.24. The quantitative estimate of drug-likeness (QED) is 0.429. The molecular weight excluding hydrogens is 448 g/mol. The number of fused-ring (bicyclic) bond motifs is 1. The molecule has 0 unspecified atom stereocenters. The number of nitrogens with zero attached hydrogens (tertiary/aromatic N) is 2. The van der Waals surface area contributed by atoms with Gasteiger partial charge in [0, 0.05) is 29.9 Å². The molecule has 8 heteroatoms. The highest BCUT2D eigenvalue weighted by molar-refractivity contribution is 7.71. The number of hydrogen-bond acceptors (Lipinski definition) is 4. The first-order valence-corrected chi connectivity index (χ1v) is 11.5. The van der Waals surface area contributed by atoms with E-state index in [1.165, 1.54) is 4.57 Å². The maximum atomic E-state index is 13.0. The smallest absolute Gasteiger partial charge is 0.266 e. The number of anilines is 1. The van der Waals surface area contributed by atoms with Gasteiger partial charge in [0.2, 0.25) is 0 Å². The van der Waals surface area contributed by atoms with E-state index in [0.717, 1.165) is 25.9 Å². The van der Waals surface area contributed by atoms with Gasteiger partial charge in [-0.2, -0.15) is 0 Å². The molecule has 2 amide bonds. The van der Waals surface area contributed by atoms with E-state index >= 15 is 0 Å². The Morgan fingerprint density at radius 2 is 1.56 bits per heavy atom. The number of aromatic amines is 1. The fourth-order valence-corrected chi connectivity index (χ4v) is 4.47. The zero-order valence-electron chi connectivity index (χ0n) is 18.3. The number of hydrogen-bond donors (Lipinski definition) is 2. The third-order valence-electron chi connectivity index (χ3n) is 5.96. The number of para-hydroxylation sites is 1. The molecule has 1 aliphatic heterocycles. The minimum atomic E-state index is -0.327. The summed E-state index contributed by atoms with van der Waals surface area (Å²) in [6, 6.07) is 20.9. The standard InChI is InChI=1S/C26H22N4O3S/c31-23(27-19-11-8-17(9-12-19)24(32)29-14-4-5-15-29)18-10-13-21-22(16-18)28-26(34)30(25(21)33)20-6-2-1-3-7-20/h1-3,6-13,16H,4-5,14-15H2,(H,27,31)(H,28,34). The van der Waals surface area contributed by atoms with E-state index in [2.05, 4.69) is 10.3 Å².